The van der Waals surface area contributed by atoms with Gasteiger partial charge in [-0.25, -0.2) is 0 Å². The van der Waals surface area contributed by atoms with Crippen LogP contribution in [0, 0.1) is 0 Å². The zero-order valence-electron chi connectivity index (χ0n) is 8.48. The summed E-state index contributed by atoms with van der Waals surface area (Å²) in [6.45, 7) is 0. The lowest BCUT2D eigenvalue weighted by Crippen LogP contribution is -2.15. The molecule has 0 aliphatic rings. The molecule has 0 radical (unpaired) electrons. The summed E-state index contributed by atoms with van der Waals surface area (Å²) in [5.41, 5.74) is 0.524. The van der Waals surface area contributed by atoms with Crippen LogP contribution in [0.4, 0.5) is 5.69 Å². The van der Waals surface area contributed by atoms with E-state index in [1.807, 2.05) is 0 Å². The molecule has 0 bridgehead atoms. The summed E-state index contributed by atoms with van der Waals surface area (Å²) in [6.07, 6.45) is 1.19. The Balaban J connectivity index is 2.03. The van der Waals surface area contributed by atoms with Gasteiger partial charge in [0.1, 0.15) is 0 Å². The van der Waals surface area contributed by atoms with Gasteiger partial charge in [-0.05, 0) is 18.2 Å². The Morgan fingerprint density at radius 2 is 2.00 bits per heavy atom. The van der Waals surface area contributed by atoms with Gasteiger partial charge in [0.25, 0.3) is 0 Å². The zero-order valence-corrected chi connectivity index (χ0v) is 10.00. The zero-order chi connectivity index (χ0) is 12.3. The molecular weight excluding hydrogens is 265 g/mol. The predicted octanol–water partition coefficient (Wildman–Crippen LogP) is 2.56. The molecule has 2 aromatic rings. The highest BCUT2D eigenvalue weighted by Crippen LogP contribution is 2.22. The monoisotopic (exact) mass is 271 g/mol. The topological polar surface area (TPSA) is 68.0 Å². The van der Waals surface area contributed by atoms with Crippen molar-refractivity contribution in [2.75, 3.05) is 5.32 Å². The van der Waals surface area contributed by atoms with Crippen LogP contribution in [-0.4, -0.2) is 16.0 Å². The molecule has 1 amide bonds. The van der Waals surface area contributed by atoms with E-state index in [2.05, 4.69) is 20.0 Å². The first-order valence-electron chi connectivity index (χ1n) is 4.64. The van der Waals surface area contributed by atoms with Crippen LogP contribution in [0.2, 0.25) is 10.0 Å². The third-order valence-corrected chi connectivity index (χ3v) is 2.31. The lowest BCUT2D eigenvalue weighted by Gasteiger charge is -2.04. The van der Waals surface area contributed by atoms with Crippen molar-refractivity contribution in [3.05, 3.63) is 40.5 Å². The first kappa shape index (κ1) is 11.9. The number of amides is 1. The number of anilines is 1. The van der Waals surface area contributed by atoms with E-state index in [4.69, 9.17) is 23.2 Å². The third-order valence-electron chi connectivity index (χ3n) is 1.87. The fourth-order valence-corrected chi connectivity index (χ4v) is 1.77. The third kappa shape index (κ3) is 3.44. The van der Waals surface area contributed by atoms with Gasteiger partial charge in [-0.2, -0.15) is 4.98 Å². The van der Waals surface area contributed by atoms with Gasteiger partial charge in [0.15, 0.2) is 5.82 Å². The van der Waals surface area contributed by atoms with Gasteiger partial charge in [-0.1, -0.05) is 28.4 Å². The molecule has 1 heterocycles. The smallest absolute Gasteiger partial charge is 0.232 e. The number of aromatic nitrogens is 2. The van der Waals surface area contributed by atoms with E-state index in [0.717, 1.165) is 0 Å². The van der Waals surface area contributed by atoms with Crippen LogP contribution in [-0.2, 0) is 11.2 Å². The molecular formula is C10H7Cl2N3O2. The van der Waals surface area contributed by atoms with Gasteiger partial charge in [-0.3, -0.25) is 4.79 Å². The van der Waals surface area contributed by atoms with Crippen LogP contribution >= 0.6 is 23.2 Å². The number of benzene rings is 1. The highest BCUT2D eigenvalue weighted by molar-refractivity contribution is 6.35. The molecule has 0 fully saturated rings. The van der Waals surface area contributed by atoms with Crippen LogP contribution in [0.3, 0.4) is 0 Å². The fraction of sp³-hybridized carbons (Fsp3) is 0.100. The van der Waals surface area contributed by atoms with Crippen LogP contribution in [0.5, 0.6) is 0 Å². The number of carbonyl (C=O) groups excluding carboxylic acids is 1. The summed E-state index contributed by atoms with van der Waals surface area (Å²) in [5.74, 6) is 0.0420. The Morgan fingerprint density at radius 1 is 1.29 bits per heavy atom. The SMILES string of the molecule is O=C(Cc1ncon1)Nc1cc(Cl)cc(Cl)c1. The average molecular weight is 272 g/mol. The summed E-state index contributed by atoms with van der Waals surface area (Å²) >= 11 is 11.6. The van der Waals surface area contributed by atoms with Gasteiger partial charge < -0.3 is 9.84 Å². The first-order chi connectivity index (χ1) is 8.13. The van der Waals surface area contributed by atoms with E-state index in [-0.39, 0.29) is 12.3 Å². The number of hydrogen-bond acceptors (Lipinski definition) is 4. The Hall–Kier alpha value is -1.59. The largest absolute Gasteiger partial charge is 0.343 e. The van der Waals surface area contributed by atoms with Gasteiger partial charge in [0.2, 0.25) is 12.3 Å². The maximum absolute atomic E-state index is 11.6. The summed E-state index contributed by atoms with van der Waals surface area (Å²) < 4.78 is 4.52. The predicted molar refractivity (Wildman–Crippen MR) is 63.1 cm³/mol. The van der Waals surface area contributed by atoms with Crippen molar-refractivity contribution in [1.29, 1.82) is 0 Å². The lowest BCUT2D eigenvalue weighted by atomic mass is 10.3. The van der Waals surface area contributed by atoms with Crippen molar-refractivity contribution in [1.82, 2.24) is 10.1 Å². The molecule has 0 unspecified atom stereocenters. The van der Waals surface area contributed by atoms with Crippen molar-refractivity contribution in [2.24, 2.45) is 0 Å². The molecule has 1 aromatic heterocycles. The number of rotatable bonds is 3. The van der Waals surface area contributed by atoms with E-state index in [9.17, 15) is 4.79 Å². The van der Waals surface area contributed by atoms with Crippen LogP contribution in [0.25, 0.3) is 0 Å². The number of nitrogens with one attached hydrogen (secondary N) is 1. The molecule has 5 nitrogen and oxygen atoms in total. The van der Waals surface area contributed by atoms with E-state index in [1.165, 1.54) is 6.39 Å². The highest BCUT2D eigenvalue weighted by atomic mass is 35.5. The van der Waals surface area contributed by atoms with Crippen molar-refractivity contribution >= 4 is 34.8 Å². The molecule has 1 aromatic carbocycles. The second-order valence-electron chi connectivity index (χ2n) is 3.23. The molecule has 0 saturated carbocycles. The molecule has 0 saturated heterocycles. The molecule has 17 heavy (non-hydrogen) atoms. The second kappa shape index (κ2) is 5.16. The van der Waals surface area contributed by atoms with Crippen molar-refractivity contribution in [2.45, 2.75) is 6.42 Å². The van der Waals surface area contributed by atoms with E-state index < -0.39 is 0 Å². The molecule has 88 valence electrons. The van der Waals surface area contributed by atoms with Crippen molar-refractivity contribution in [3.63, 3.8) is 0 Å². The van der Waals surface area contributed by atoms with Gasteiger partial charge >= 0.3 is 0 Å². The van der Waals surface area contributed by atoms with E-state index >= 15 is 0 Å². The first-order valence-corrected chi connectivity index (χ1v) is 5.40. The minimum atomic E-state index is -0.273. The average Bonchev–Trinajstić information content (AvgIpc) is 2.67. The quantitative estimate of drug-likeness (QED) is 0.932. The van der Waals surface area contributed by atoms with Crippen LogP contribution < -0.4 is 5.32 Å². The number of nitrogens with zero attached hydrogens (tertiary/aromatic N) is 2. The number of carbonyl (C=O) groups is 1. The van der Waals surface area contributed by atoms with Crippen molar-refractivity contribution < 1.29 is 9.32 Å². The minimum absolute atomic E-state index is 0.0284. The maximum atomic E-state index is 11.6. The molecule has 7 heteroatoms. The second-order valence-corrected chi connectivity index (χ2v) is 4.10. The van der Waals surface area contributed by atoms with Gasteiger partial charge in [0.05, 0.1) is 6.42 Å². The Morgan fingerprint density at radius 3 is 2.59 bits per heavy atom. The van der Waals surface area contributed by atoms with Crippen molar-refractivity contribution in [3.8, 4) is 0 Å². The molecule has 0 aliphatic heterocycles. The van der Waals surface area contributed by atoms with Gasteiger partial charge in [0, 0.05) is 15.7 Å². The minimum Gasteiger partial charge on any atom is -0.343 e. The van der Waals surface area contributed by atoms with Crippen LogP contribution in [0.1, 0.15) is 5.82 Å². The van der Waals surface area contributed by atoms with Crippen LogP contribution in [0.15, 0.2) is 29.1 Å². The molecule has 0 aliphatic carbocycles. The van der Waals surface area contributed by atoms with E-state index in [1.54, 1.807) is 18.2 Å². The summed E-state index contributed by atoms with van der Waals surface area (Å²) in [6, 6.07) is 4.78. The molecule has 2 rings (SSSR count). The lowest BCUT2D eigenvalue weighted by molar-refractivity contribution is -0.115. The number of hydrogen-bond donors (Lipinski definition) is 1. The fourth-order valence-electron chi connectivity index (χ4n) is 1.25. The standard InChI is InChI=1S/C10H7Cl2N3O2/c11-6-1-7(12)3-8(2-6)14-10(16)4-9-13-5-17-15-9/h1-3,5H,4H2,(H,14,16). The van der Waals surface area contributed by atoms with E-state index in [0.29, 0.717) is 21.6 Å². The molecule has 0 atom stereocenters. The normalized spacial score (nSPS) is 10.2. The Bertz CT molecular complexity index is 508. The summed E-state index contributed by atoms with van der Waals surface area (Å²) in [4.78, 5) is 15.3. The maximum Gasteiger partial charge on any atom is 0.232 e. The van der Waals surface area contributed by atoms with Gasteiger partial charge in [-0.15, -0.1) is 0 Å². The highest BCUT2D eigenvalue weighted by Gasteiger charge is 2.08. The molecule has 1 N–H and O–H groups in total. The summed E-state index contributed by atoms with van der Waals surface area (Å²) in [5, 5.41) is 7.07. The Kier molecular flexibility index (Phi) is 3.61. The number of halogens is 2. The molecule has 0 spiro atoms. The Labute approximate surface area is 107 Å². The summed E-state index contributed by atoms with van der Waals surface area (Å²) in [7, 11) is 0.